The Morgan fingerprint density at radius 2 is 2.10 bits per heavy atom. The Hall–Kier alpha value is -1.77. The third kappa shape index (κ3) is 2.72. The zero-order valence-corrected chi connectivity index (χ0v) is 11.7. The molecule has 2 rings (SSSR count). The van der Waals surface area contributed by atoms with E-state index in [-0.39, 0.29) is 17.9 Å². The van der Waals surface area contributed by atoms with E-state index >= 15 is 0 Å². The van der Waals surface area contributed by atoms with Crippen molar-refractivity contribution in [3.05, 3.63) is 29.8 Å². The van der Waals surface area contributed by atoms with Gasteiger partial charge < -0.3 is 5.73 Å². The molecule has 0 aliphatic carbocycles. The molecular weight excluding hydrogens is 282 g/mol. The molecule has 1 saturated heterocycles. The number of benzene rings is 1. The summed E-state index contributed by atoms with van der Waals surface area (Å²) in [7, 11) is -2.53. The van der Waals surface area contributed by atoms with E-state index in [4.69, 9.17) is 5.73 Å². The number of likely N-dealkylation sites (tertiary alicyclic amines) is 1. The van der Waals surface area contributed by atoms with E-state index in [0.717, 1.165) is 4.90 Å². The number of amides is 2. The summed E-state index contributed by atoms with van der Waals surface area (Å²) in [4.78, 5) is 24.0. The molecule has 7 nitrogen and oxygen atoms in total. The molecule has 1 aromatic carbocycles. The Kier molecular flexibility index (Phi) is 3.89. The van der Waals surface area contributed by atoms with Crippen LogP contribution >= 0.6 is 0 Å². The largest absolute Gasteiger partial charge is 0.326 e. The topological polar surface area (TPSA) is 110 Å². The molecule has 0 bridgehead atoms. The van der Waals surface area contributed by atoms with Gasteiger partial charge >= 0.3 is 0 Å². The summed E-state index contributed by atoms with van der Waals surface area (Å²) >= 11 is 0. The Balaban J connectivity index is 2.23. The van der Waals surface area contributed by atoms with Crippen LogP contribution in [0.3, 0.4) is 0 Å². The second kappa shape index (κ2) is 5.31. The second-order valence-electron chi connectivity index (χ2n) is 4.52. The lowest BCUT2D eigenvalue weighted by Crippen LogP contribution is -2.40. The van der Waals surface area contributed by atoms with Gasteiger partial charge in [-0.3, -0.25) is 14.5 Å². The van der Waals surface area contributed by atoms with Crippen LogP contribution in [0.4, 0.5) is 0 Å². The summed E-state index contributed by atoms with van der Waals surface area (Å²) in [6.45, 7) is 0.215. The van der Waals surface area contributed by atoms with Gasteiger partial charge in [-0.1, -0.05) is 12.1 Å². The second-order valence-corrected chi connectivity index (χ2v) is 6.23. The van der Waals surface area contributed by atoms with Crippen molar-refractivity contribution >= 4 is 21.8 Å². The average Bonchev–Trinajstić information content (AvgIpc) is 2.66. The lowest BCUT2D eigenvalue weighted by Gasteiger charge is -2.12. The monoisotopic (exact) mass is 297 g/mol. The molecule has 0 spiro atoms. The smallest absolute Gasteiger partial charge is 0.247 e. The van der Waals surface area contributed by atoms with E-state index in [1.807, 2.05) is 0 Å². The normalized spacial score (nSPS) is 19.7. The van der Waals surface area contributed by atoms with Crippen LogP contribution in [-0.2, 0) is 26.2 Å². The van der Waals surface area contributed by atoms with Gasteiger partial charge in [0.2, 0.25) is 21.8 Å². The lowest BCUT2D eigenvalue weighted by molar-refractivity contribution is -0.137. The number of sulfonamides is 1. The van der Waals surface area contributed by atoms with Crippen LogP contribution in [0.1, 0.15) is 12.0 Å². The van der Waals surface area contributed by atoms with Crippen molar-refractivity contribution in [3.63, 3.8) is 0 Å². The highest BCUT2D eigenvalue weighted by Gasteiger charge is 2.38. The number of nitrogens with zero attached hydrogens (tertiary/aromatic N) is 1. The number of likely N-dealkylation sites (N-methyl/N-ethyl adjacent to an activating group) is 1. The minimum atomic E-state index is -3.86. The number of carbonyl (C=O) groups excluding carboxylic acids is 2. The molecule has 20 heavy (non-hydrogen) atoms. The first-order chi connectivity index (χ1) is 9.35. The van der Waals surface area contributed by atoms with Crippen LogP contribution in [0.15, 0.2) is 29.2 Å². The van der Waals surface area contributed by atoms with E-state index in [1.165, 1.54) is 19.2 Å². The fourth-order valence-corrected chi connectivity index (χ4v) is 3.20. The zero-order chi connectivity index (χ0) is 14.9. The Labute approximate surface area is 116 Å². The highest BCUT2D eigenvalue weighted by Crippen LogP contribution is 2.16. The number of rotatable bonds is 4. The lowest BCUT2D eigenvalue weighted by atomic mass is 10.2. The molecule has 8 heteroatoms. The summed E-state index contributed by atoms with van der Waals surface area (Å²) in [6, 6.07) is 5.08. The number of carbonyl (C=O) groups is 2. The van der Waals surface area contributed by atoms with Gasteiger partial charge in [-0.25, -0.2) is 8.42 Å². The number of hydrogen-bond acceptors (Lipinski definition) is 5. The molecule has 0 aromatic heterocycles. The maximum Gasteiger partial charge on any atom is 0.247 e. The van der Waals surface area contributed by atoms with Gasteiger partial charge in [0.1, 0.15) is 6.04 Å². The zero-order valence-electron chi connectivity index (χ0n) is 10.9. The summed E-state index contributed by atoms with van der Waals surface area (Å²) < 4.78 is 26.6. The molecule has 1 atom stereocenters. The molecular formula is C12H15N3O4S. The quantitative estimate of drug-likeness (QED) is 0.706. The van der Waals surface area contributed by atoms with Crippen LogP contribution in [0, 0.1) is 0 Å². The first-order valence-electron chi connectivity index (χ1n) is 5.97. The van der Waals surface area contributed by atoms with Gasteiger partial charge in [0.15, 0.2) is 0 Å². The van der Waals surface area contributed by atoms with Gasteiger partial charge in [0, 0.05) is 13.6 Å². The van der Waals surface area contributed by atoms with E-state index in [9.17, 15) is 18.0 Å². The van der Waals surface area contributed by atoms with Gasteiger partial charge in [0.05, 0.1) is 11.3 Å². The van der Waals surface area contributed by atoms with Gasteiger partial charge in [-0.05, 0) is 17.7 Å². The van der Waals surface area contributed by atoms with Crippen LogP contribution in [0.5, 0.6) is 0 Å². The molecule has 1 fully saturated rings. The van der Waals surface area contributed by atoms with Crippen LogP contribution in [-0.4, -0.2) is 38.2 Å². The van der Waals surface area contributed by atoms with Crippen molar-refractivity contribution in [2.45, 2.75) is 23.9 Å². The van der Waals surface area contributed by atoms with Crippen LogP contribution in [0.2, 0.25) is 0 Å². The fourth-order valence-electron chi connectivity index (χ4n) is 1.94. The molecule has 2 amide bonds. The average molecular weight is 297 g/mol. The van der Waals surface area contributed by atoms with Crippen molar-refractivity contribution in [1.29, 1.82) is 0 Å². The third-order valence-electron chi connectivity index (χ3n) is 3.12. The van der Waals surface area contributed by atoms with E-state index < -0.39 is 27.9 Å². The van der Waals surface area contributed by atoms with Crippen LogP contribution in [0.25, 0.3) is 0 Å². The maximum atomic E-state index is 12.2. The standard InChI is InChI=1S/C12H15N3O4S/c1-15-11(16)6-10(12(15)17)14-20(18,19)9-4-2-3-8(5-9)7-13/h2-5,10,14H,6-7,13H2,1H3. The Morgan fingerprint density at radius 1 is 1.40 bits per heavy atom. The first kappa shape index (κ1) is 14.6. The van der Waals surface area contributed by atoms with E-state index in [1.54, 1.807) is 12.1 Å². The molecule has 1 aliphatic rings. The summed E-state index contributed by atoms with van der Waals surface area (Å²) in [5.74, 6) is -0.952. The Morgan fingerprint density at radius 3 is 2.65 bits per heavy atom. The molecule has 0 saturated carbocycles. The predicted molar refractivity (Wildman–Crippen MR) is 70.8 cm³/mol. The number of hydrogen-bond donors (Lipinski definition) is 2. The van der Waals surface area contributed by atoms with Crippen molar-refractivity contribution < 1.29 is 18.0 Å². The highest BCUT2D eigenvalue weighted by atomic mass is 32.2. The number of nitrogens with one attached hydrogen (secondary N) is 1. The molecule has 1 aliphatic heterocycles. The van der Waals surface area contributed by atoms with Gasteiger partial charge in [0.25, 0.3) is 0 Å². The van der Waals surface area contributed by atoms with Crippen LogP contribution < -0.4 is 10.5 Å². The molecule has 108 valence electrons. The first-order valence-corrected chi connectivity index (χ1v) is 7.45. The summed E-state index contributed by atoms with van der Waals surface area (Å²) in [6.07, 6.45) is -0.162. The molecule has 1 aromatic rings. The van der Waals surface area contributed by atoms with Gasteiger partial charge in [-0.15, -0.1) is 0 Å². The Bertz CT molecular complexity index is 656. The fraction of sp³-hybridized carbons (Fsp3) is 0.333. The van der Waals surface area contributed by atoms with Crippen molar-refractivity contribution in [2.75, 3.05) is 7.05 Å². The maximum absolute atomic E-state index is 12.2. The van der Waals surface area contributed by atoms with E-state index in [0.29, 0.717) is 5.56 Å². The summed E-state index contributed by atoms with van der Waals surface area (Å²) in [5, 5.41) is 0. The third-order valence-corrected chi connectivity index (χ3v) is 4.59. The predicted octanol–water partition coefficient (Wildman–Crippen LogP) is -0.819. The van der Waals surface area contributed by atoms with Gasteiger partial charge in [-0.2, -0.15) is 4.72 Å². The molecule has 3 N–H and O–H groups in total. The molecule has 1 heterocycles. The van der Waals surface area contributed by atoms with Crippen molar-refractivity contribution in [2.24, 2.45) is 5.73 Å². The molecule has 1 unspecified atom stereocenters. The van der Waals surface area contributed by atoms with E-state index in [2.05, 4.69) is 4.72 Å². The van der Waals surface area contributed by atoms with Crippen molar-refractivity contribution in [3.8, 4) is 0 Å². The minimum absolute atomic E-state index is 0.0234. The van der Waals surface area contributed by atoms with Crippen molar-refractivity contribution in [1.82, 2.24) is 9.62 Å². The number of nitrogens with two attached hydrogens (primary N) is 1. The highest BCUT2D eigenvalue weighted by molar-refractivity contribution is 7.89. The number of imide groups is 1. The SMILES string of the molecule is CN1C(=O)CC(NS(=O)(=O)c2cccc(CN)c2)C1=O. The summed E-state index contributed by atoms with van der Waals surface area (Å²) in [5.41, 5.74) is 6.13. The molecule has 0 radical (unpaired) electrons. The minimum Gasteiger partial charge on any atom is -0.326 e.